The number of rotatable bonds is 6. The van der Waals surface area contributed by atoms with Crippen molar-refractivity contribution in [2.24, 2.45) is 5.92 Å². The molecule has 0 radical (unpaired) electrons. The molecule has 1 aromatic carbocycles. The minimum absolute atomic E-state index is 0.0761. The maximum Gasteiger partial charge on any atom is 0.258 e. The van der Waals surface area contributed by atoms with Crippen LogP contribution in [0.25, 0.3) is 0 Å². The van der Waals surface area contributed by atoms with E-state index in [2.05, 4.69) is 5.32 Å². The van der Waals surface area contributed by atoms with Crippen LogP contribution >= 0.6 is 11.6 Å². The molecule has 1 aromatic rings. The van der Waals surface area contributed by atoms with Crippen LogP contribution in [-0.4, -0.2) is 30.3 Å². The van der Waals surface area contributed by atoms with Gasteiger partial charge in [-0.3, -0.25) is 4.79 Å². The smallest absolute Gasteiger partial charge is 0.258 e. The van der Waals surface area contributed by atoms with E-state index in [9.17, 15) is 9.90 Å². The Bertz CT molecular complexity index is 435. The highest BCUT2D eigenvalue weighted by Crippen LogP contribution is 2.21. The maximum atomic E-state index is 11.5. The van der Waals surface area contributed by atoms with Crippen LogP contribution in [-0.2, 0) is 4.79 Å². The average Bonchev–Trinajstić information content (AvgIpc) is 2.34. The molecule has 106 valence electrons. The second-order valence-corrected chi connectivity index (χ2v) is 5.25. The van der Waals surface area contributed by atoms with Crippen molar-refractivity contribution in [1.82, 2.24) is 5.32 Å². The molecule has 1 unspecified atom stereocenters. The fraction of sp³-hybridized carbons (Fsp3) is 0.500. The third-order valence-electron chi connectivity index (χ3n) is 2.77. The predicted molar refractivity (Wildman–Crippen MR) is 75.5 cm³/mol. The molecule has 1 atom stereocenters. The summed E-state index contributed by atoms with van der Waals surface area (Å²) in [4.78, 5) is 11.5. The van der Waals surface area contributed by atoms with Gasteiger partial charge in [0.2, 0.25) is 0 Å². The lowest BCUT2D eigenvalue weighted by Gasteiger charge is -2.15. The van der Waals surface area contributed by atoms with Crippen molar-refractivity contribution in [1.29, 1.82) is 0 Å². The van der Waals surface area contributed by atoms with Gasteiger partial charge in [-0.1, -0.05) is 25.4 Å². The van der Waals surface area contributed by atoms with E-state index in [4.69, 9.17) is 16.3 Å². The molecular weight excluding hydrogens is 266 g/mol. The SMILES string of the molecule is Cc1cc(Cl)ccc1OCC(=O)NCC(O)C(C)C. The number of halogens is 1. The zero-order chi connectivity index (χ0) is 14.4. The largest absolute Gasteiger partial charge is 0.484 e. The van der Waals surface area contributed by atoms with Crippen LogP contribution in [0.4, 0.5) is 0 Å². The van der Waals surface area contributed by atoms with Crippen LogP contribution < -0.4 is 10.1 Å². The highest BCUT2D eigenvalue weighted by Gasteiger charge is 2.11. The lowest BCUT2D eigenvalue weighted by Crippen LogP contribution is -2.37. The number of benzene rings is 1. The Hall–Kier alpha value is -1.26. The Morgan fingerprint density at radius 1 is 1.47 bits per heavy atom. The van der Waals surface area contributed by atoms with Gasteiger partial charge in [0.1, 0.15) is 5.75 Å². The Morgan fingerprint density at radius 3 is 2.74 bits per heavy atom. The van der Waals surface area contributed by atoms with Crippen molar-refractivity contribution in [2.75, 3.05) is 13.2 Å². The van der Waals surface area contributed by atoms with Crippen molar-refractivity contribution in [3.63, 3.8) is 0 Å². The number of aliphatic hydroxyl groups excluding tert-OH is 1. The van der Waals surface area contributed by atoms with E-state index >= 15 is 0 Å². The van der Waals surface area contributed by atoms with Gasteiger partial charge >= 0.3 is 0 Å². The number of ether oxygens (including phenoxy) is 1. The molecule has 0 saturated heterocycles. The van der Waals surface area contributed by atoms with Gasteiger partial charge in [-0.25, -0.2) is 0 Å². The fourth-order valence-corrected chi connectivity index (χ4v) is 1.65. The topological polar surface area (TPSA) is 58.6 Å². The van der Waals surface area contributed by atoms with Crippen LogP contribution in [0.3, 0.4) is 0 Å². The molecule has 5 heteroatoms. The van der Waals surface area contributed by atoms with Crippen molar-refractivity contribution >= 4 is 17.5 Å². The molecule has 2 N–H and O–H groups in total. The van der Waals surface area contributed by atoms with E-state index in [0.29, 0.717) is 10.8 Å². The summed E-state index contributed by atoms with van der Waals surface area (Å²) in [6.45, 7) is 5.81. The molecule has 4 nitrogen and oxygen atoms in total. The van der Waals surface area contributed by atoms with Crippen LogP contribution in [0.2, 0.25) is 5.02 Å². The predicted octanol–water partition coefficient (Wildman–Crippen LogP) is 2.16. The minimum Gasteiger partial charge on any atom is -0.484 e. The quantitative estimate of drug-likeness (QED) is 0.842. The number of carbonyl (C=O) groups is 1. The maximum absolute atomic E-state index is 11.5. The number of carbonyl (C=O) groups excluding carboxylic acids is 1. The molecule has 0 saturated carbocycles. The third kappa shape index (κ3) is 5.49. The fourth-order valence-electron chi connectivity index (χ4n) is 1.42. The monoisotopic (exact) mass is 285 g/mol. The Kier molecular flexibility index (Phi) is 6.12. The first-order valence-electron chi connectivity index (χ1n) is 6.24. The minimum atomic E-state index is -0.541. The van der Waals surface area contributed by atoms with Crippen molar-refractivity contribution < 1.29 is 14.6 Å². The van der Waals surface area contributed by atoms with E-state index in [1.54, 1.807) is 18.2 Å². The second kappa shape index (κ2) is 7.36. The summed E-state index contributed by atoms with van der Waals surface area (Å²) in [6.07, 6.45) is -0.541. The molecule has 19 heavy (non-hydrogen) atoms. The van der Waals surface area contributed by atoms with Gasteiger partial charge < -0.3 is 15.2 Å². The second-order valence-electron chi connectivity index (χ2n) is 4.81. The van der Waals surface area contributed by atoms with Gasteiger partial charge in [0.05, 0.1) is 6.10 Å². The summed E-state index contributed by atoms with van der Waals surface area (Å²) in [7, 11) is 0. The molecule has 0 heterocycles. The first-order chi connectivity index (χ1) is 8.90. The number of amides is 1. The zero-order valence-corrected chi connectivity index (χ0v) is 12.2. The Morgan fingerprint density at radius 2 is 2.16 bits per heavy atom. The van der Waals surface area contributed by atoms with Gasteiger partial charge in [0, 0.05) is 11.6 Å². The molecule has 0 aromatic heterocycles. The molecule has 0 aliphatic carbocycles. The number of hydrogen-bond donors (Lipinski definition) is 2. The van der Waals surface area contributed by atoms with Crippen molar-refractivity contribution in [2.45, 2.75) is 26.9 Å². The molecule has 0 bridgehead atoms. The molecule has 1 amide bonds. The van der Waals surface area contributed by atoms with Crippen molar-refractivity contribution in [3.8, 4) is 5.75 Å². The summed E-state index contributed by atoms with van der Waals surface area (Å²) in [5.41, 5.74) is 0.877. The van der Waals surface area contributed by atoms with E-state index in [0.717, 1.165) is 5.56 Å². The lowest BCUT2D eigenvalue weighted by molar-refractivity contribution is -0.123. The third-order valence-corrected chi connectivity index (χ3v) is 3.01. The van der Waals surface area contributed by atoms with Crippen LogP contribution in [0, 0.1) is 12.8 Å². The van der Waals surface area contributed by atoms with E-state index in [-0.39, 0.29) is 25.0 Å². The Labute approximate surface area is 118 Å². The molecule has 0 spiro atoms. The van der Waals surface area contributed by atoms with Gasteiger partial charge in [-0.15, -0.1) is 0 Å². The number of hydrogen-bond acceptors (Lipinski definition) is 3. The van der Waals surface area contributed by atoms with Crippen LogP contribution in [0.5, 0.6) is 5.75 Å². The molecule has 1 rings (SSSR count). The number of aliphatic hydroxyl groups is 1. The lowest BCUT2D eigenvalue weighted by atomic mass is 10.1. The highest BCUT2D eigenvalue weighted by atomic mass is 35.5. The summed E-state index contributed by atoms with van der Waals surface area (Å²) in [6, 6.07) is 5.22. The Balaban J connectivity index is 2.38. The normalized spacial score (nSPS) is 12.3. The number of aryl methyl sites for hydroxylation is 1. The molecule has 0 aliphatic rings. The van der Waals surface area contributed by atoms with Gasteiger partial charge in [0.25, 0.3) is 5.91 Å². The summed E-state index contributed by atoms with van der Waals surface area (Å²) >= 11 is 5.83. The van der Waals surface area contributed by atoms with E-state index in [1.165, 1.54) is 0 Å². The van der Waals surface area contributed by atoms with Gasteiger partial charge in [-0.2, -0.15) is 0 Å². The first-order valence-corrected chi connectivity index (χ1v) is 6.61. The van der Waals surface area contributed by atoms with Crippen molar-refractivity contribution in [3.05, 3.63) is 28.8 Å². The summed E-state index contributed by atoms with van der Waals surface area (Å²) in [5.74, 6) is 0.484. The highest BCUT2D eigenvalue weighted by molar-refractivity contribution is 6.30. The van der Waals surface area contributed by atoms with E-state index < -0.39 is 6.10 Å². The molecular formula is C14H20ClNO3. The van der Waals surface area contributed by atoms with Crippen LogP contribution in [0.15, 0.2) is 18.2 Å². The zero-order valence-electron chi connectivity index (χ0n) is 11.4. The van der Waals surface area contributed by atoms with Crippen LogP contribution in [0.1, 0.15) is 19.4 Å². The molecule has 0 fully saturated rings. The van der Waals surface area contributed by atoms with Gasteiger partial charge in [0.15, 0.2) is 6.61 Å². The van der Waals surface area contributed by atoms with E-state index in [1.807, 2.05) is 20.8 Å². The summed E-state index contributed by atoms with van der Waals surface area (Å²) < 4.78 is 5.39. The number of nitrogens with one attached hydrogen (secondary N) is 1. The summed E-state index contributed by atoms with van der Waals surface area (Å²) in [5, 5.41) is 12.8. The standard InChI is InChI=1S/C14H20ClNO3/c1-9(2)12(17)7-16-14(18)8-19-13-5-4-11(15)6-10(13)3/h4-6,9,12,17H,7-8H2,1-3H3,(H,16,18). The molecule has 0 aliphatic heterocycles. The first kappa shape index (κ1) is 15.8. The van der Waals surface area contributed by atoms with Gasteiger partial charge in [-0.05, 0) is 36.6 Å². The average molecular weight is 286 g/mol.